The van der Waals surface area contributed by atoms with Gasteiger partial charge < -0.3 is 20.9 Å². The Morgan fingerprint density at radius 2 is 1.49 bits per heavy atom. The summed E-state index contributed by atoms with van der Waals surface area (Å²) in [5.74, 6) is -0.711. The summed E-state index contributed by atoms with van der Waals surface area (Å²) < 4.78 is 35.1. The van der Waals surface area contributed by atoms with Crippen molar-refractivity contribution in [3.8, 4) is 22.6 Å². The summed E-state index contributed by atoms with van der Waals surface area (Å²) in [6.07, 6.45) is 0. The molecular weight excluding hydrogens is 568 g/mol. The van der Waals surface area contributed by atoms with E-state index in [4.69, 9.17) is 15.9 Å². The molecule has 5 aromatic carbocycles. The van der Waals surface area contributed by atoms with Crippen LogP contribution in [0, 0.1) is 5.41 Å². The Bertz CT molecular complexity index is 2010. The number of carboxylic acid groups (broad SMARTS) is 1. The molecule has 0 atom stereocenters. The van der Waals surface area contributed by atoms with Gasteiger partial charge in [0.25, 0.3) is 10.0 Å². The number of hydrogen-bond acceptors (Lipinski definition) is 6. The van der Waals surface area contributed by atoms with Crippen molar-refractivity contribution in [3.05, 3.63) is 114 Å². The van der Waals surface area contributed by atoms with Crippen molar-refractivity contribution in [3.63, 3.8) is 0 Å². The van der Waals surface area contributed by atoms with Gasteiger partial charge in [-0.25, -0.2) is 13.2 Å². The maximum atomic E-state index is 13.2. The van der Waals surface area contributed by atoms with Gasteiger partial charge in [-0.05, 0) is 83.1 Å². The first kappa shape index (κ1) is 28.8. The number of ether oxygens (including phenoxy) is 1. The average Bonchev–Trinajstić information content (AvgIpc) is 2.97. The van der Waals surface area contributed by atoms with Crippen LogP contribution < -0.4 is 20.5 Å². The fourth-order valence-corrected chi connectivity index (χ4v) is 5.56. The average molecular weight is 595 g/mol. The second-order valence-electron chi connectivity index (χ2n) is 9.61. The van der Waals surface area contributed by atoms with Crippen molar-refractivity contribution in [2.75, 3.05) is 10.0 Å². The zero-order chi connectivity index (χ0) is 30.7. The van der Waals surface area contributed by atoms with Gasteiger partial charge in [0.1, 0.15) is 17.3 Å². The van der Waals surface area contributed by atoms with Crippen LogP contribution in [0.1, 0.15) is 22.8 Å². The van der Waals surface area contributed by atoms with E-state index in [1.165, 1.54) is 49.4 Å². The van der Waals surface area contributed by atoms with Gasteiger partial charge in [-0.1, -0.05) is 36.4 Å². The number of amides is 1. The first-order valence-electron chi connectivity index (χ1n) is 12.9. The number of nitrogens with one attached hydrogen (secondary N) is 3. The lowest BCUT2D eigenvalue weighted by molar-refractivity contribution is -0.114. The summed E-state index contributed by atoms with van der Waals surface area (Å²) in [7, 11) is -4.03. The van der Waals surface area contributed by atoms with E-state index < -0.39 is 16.0 Å². The Balaban J connectivity index is 1.53. The van der Waals surface area contributed by atoms with E-state index in [1.54, 1.807) is 48.5 Å². The second kappa shape index (κ2) is 11.7. The number of carbonyl (C=O) groups is 2. The highest BCUT2D eigenvalue weighted by Gasteiger charge is 2.19. The summed E-state index contributed by atoms with van der Waals surface area (Å²) in [6, 6.07) is 27.3. The van der Waals surface area contributed by atoms with Crippen LogP contribution in [-0.2, 0) is 14.8 Å². The first-order valence-corrected chi connectivity index (χ1v) is 14.4. The van der Waals surface area contributed by atoms with E-state index in [1.807, 2.05) is 12.1 Å². The van der Waals surface area contributed by atoms with Crippen LogP contribution in [0.2, 0.25) is 0 Å². The standard InChI is InChI=1S/C32H26N4O6S/c1-19(37)35-23-9-13-26(14-10-23)43(40,41)36-24-11-15-30(29(18-24)27-4-2-3-5-28(27)32(38)39)42-25-12-8-20-16-22(31(33)34)7-6-21(20)17-25/h2-18,36H,1H3,(H3,33,34)(H,35,37)(H,38,39). The topological polar surface area (TPSA) is 172 Å². The lowest BCUT2D eigenvalue weighted by Crippen LogP contribution is -2.13. The molecule has 1 amide bonds. The number of nitrogen functional groups attached to an aromatic ring is 1. The summed E-state index contributed by atoms with van der Waals surface area (Å²) in [5.41, 5.74) is 7.53. The number of aromatic carboxylic acids is 1. The number of nitrogens with two attached hydrogens (primary N) is 1. The smallest absolute Gasteiger partial charge is 0.336 e. The number of benzene rings is 5. The van der Waals surface area contributed by atoms with Crippen LogP contribution in [0.5, 0.6) is 11.5 Å². The Morgan fingerprint density at radius 1 is 0.814 bits per heavy atom. The molecule has 5 rings (SSSR count). The SMILES string of the molecule is CC(=O)Nc1ccc(S(=O)(=O)Nc2ccc(Oc3ccc4cc(C(=N)N)ccc4c3)c(-c3ccccc3C(=O)O)c2)cc1. The lowest BCUT2D eigenvalue weighted by Gasteiger charge is -2.16. The quantitative estimate of drug-likeness (QED) is 0.102. The molecule has 216 valence electrons. The highest BCUT2D eigenvalue weighted by Crippen LogP contribution is 2.38. The Morgan fingerprint density at radius 3 is 2.19 bits per heavy atom. The van der Waals surface area contributed by atoms with Crippen molar-refractivity contribution in [1.29, 1.82) is 5.41 Å². The molecule has 10 nitrogen and oxygen atoms in total. The summed E-state index contributed by atoms with van der Waals surface area (Å²) in [4.78, 5) is 23.3. The van der Waals surface area contributed by atoms with Gasteiger partial charge >= 0.3 is 5.97 Å². The number of amidine groups is 1. The number of hydrogen-bond donors (Lipinski definition) is 5. The van der Waals surface area contributed by atoms with Crippen molar-refractivity contribution < 1.29 is 27.9 Å². The first-order chi connectivity index (χ1) is 20.5. The normalized spacial score (nSPS) is 11.1. The molecule has 5 aromatic rings. The lowest BCUT2D eigenvalue weighted by atomic mass is 9.98. The third-order valence-corrected chi connectivity index (χ3v) is 7.91. The molecule has 0 heterocycles. The van der Waals surface area contributed by atoms with Crippen LogP contribution in [0.3, 0.4) is 0 Å². The predicted octanol–water partition coefficient (Wildman–Crippen LogP) is 6.04. The maximum Gasteiger partial charge on any atom is 0.336 e. The molecule has 0 radical (unpaired) electrons. The van der Waals surface area contributed by atoms with Gasteiger partial charge in [-0.3, -0.25) is 14.9 Å². The highest BCUT2D eigenvalue weighted by molar-refractivity contribution is 7.92. The van der Waals surface area contributed by atoms with Gasteiger partial charge in [-0.15, -0.1) is 0 Å². The van der Waals surface area contributed by atoms with E-state index >= 15 is 0 Å². The van der Waals surface area contributed by atoms with Gasteiger partial charge in [0.05, 0.1) is 10.5 Å². The van der Waals surface area contributed by atoms with Crippen molar-refractivity contribution in [2.45, 2.75) is 11.8 Å². The maximum absolute atomic E-state index is 13.2. The number of carbonyl (C=O) groups excluding carboxylic acids is 1. The van der Waals surface area contributed by atoms with Crippen LogP contribution in [0.25, 0.3) is 21.9 Å². The molecule has 0 aromatic heterocycles. The molecule has 0 fully saturated rings. The number of anilines is 2. The van der Waals surface area contributed by atoms with Gasteiger partial charge in [0.2, 0.25) is 5.91 Å². The van der Waals surface area contributed by atoms with E-state index in [0.29, 0.717) is 33.9 Å². The van der Waals surface area contributed by atoms with Crippen LogP contribution in [0.15, 0.2) is 108 Å². The molecule has 0 aliphatic carbocycles. The van der Waals surface area contributed by atoms with Crippen LogP contribution in [-0.4, -0.2) is 31.2 Å². The van der Waals surface area contributed by atoms with Gasteiger partial charge in [0.15, 0.2) is 0 Å². The minimum Gasteiger partial charge on any atom is -0.478 e. The predicted molar refractivity (Wildman–Crippen MR) is 165 cm³/mol. The monoisotopic (exact) mass is 594 g/mol. The fraction of sp³-hybridized carbons (Fsp3) is 0.0312. The van der Waals surface area contributed by atoms with E-state index in [0.717, 1.165) is 10.8 Å². The van der Waals surface area contributed by atoms with E-state index in [2.05, 4.69) is 10.0 Å². The molecule has 0 aliphatic heterocycles. The zero-order valence-corrected chi connectivity index (χ0v) is 23.6. The Hall–Kier alpha value is -5.68. The molecule has 0 aliphatic rings. The third-order valence-electron chi connectivity index (χ3n) is 6.51. The summed E-state index contributed by atoms with van der Waals surface area (Å²) in [5, 5.41) is 21.8. The molecule has 0 bridgehead atoms. The van der Waals surface area contributed by atoms with Gasteiger partial charge in [-0.2, -0.15) is 0 Å². The Kier molecular flexibility index (Phi) is 7.82. The minimum atomic E-state index is -4.03. The number of carboxylic acids is 1. The summed E-state index contributed by atoms with van der Waals surface area (Å²) in [6.45, 7) is 1.35. The molecular formula is C32H26N4O6S. The zero-order valence-electron chi connectivity index (χ0n) is 22.8. The molecule has 43 heavy (non-hydrogen) atoms. The molecule has 0 spiro atoms. The molecule has 0 saturated carbocycles. The molecule has 0 saturated heterocycles. The second-order valence-corrected chi connectivity index (χ2v) is 11.3. The number of fused-ring (bicyclic) bond motifs is 1. The summed E-state index contributed by atoms with van der Waals surface area (Å²) >= 11 is 0. The fourth-order valence-electron chi connectivity index (χ4n) is 4.51. The minimum absolute atomic E-state index is 0.0104. The number of sulfonamides is 1. The molecule has 0 unspecified atom stereocenters. The van der Waals surface area contributed by atoms with Crippen molar-refractivity contribution in [2.24, 2.45) is 5.73 Å². The molecule has 6 N–H and O–H groups in total. The Labute approximate surface area is 247 Å². The third kappa shape index (κ3) is 6.47. The largest absolute Gasteiger partial charge is 0.478 e. The van der Waals surface area contributed by atoms with Crippen LogP contribution in [0.4, 0.5) is 11.4 Å². The van der Waals surface area contributed by atoms with E-state index in [-0.39, 0.29) is 27.9 Å². The van der Waals surface area contributed by atoms with Crippen molar-refractivity contribution in [1.82, 2.24) is 0 Å². The van der Waals surface area contributed by atoms with E-state index in [9.17, 15) is 23.1 Å². The van der Waals surface area contributed by atoms with Crippen molar-refractivity contribution >= 4 is 49.9 Å². The van der Waals surface area contributed by atoms with Gasteiger partial charge in [0, 0.05) is 29.4 Å². The van der Waals surface area contributed by atoms with Crippen LogP contribution >= 0.6 is 0 Å². The highest BCUT2D eigenvalue weighted by atomic mass is 32.2. The molecule has 11 heteroatoms. The number of rotatable bonds is 9.